The number of hydrogen-bond donors (Lipinski definition) is 1. The smallest absolute Gasteiger partial charge is 0.267 e. The van der Waals surface area contributed by atoms with Gasteiger partial charge >= 0.3 is 0 Å². The molecule has 3 aromatic rings. The van der Waals surface area contributed by atoms with Gasteiger partial charge in [0.15, 0.2) is 0 Å². The molecule has 0 atom stereocenters. The minimum absolute atomic E-state index is 0.222. The molecular formula is C23H22N4O3S2. The van der Waals surface area contributed by atoms with E-state index in [-0.39, 0.29) is 11.5 Å². The first-order valence-electron chi connectivity index (χ1n) is 10.0. The van der Waals surface area contributed by atoms with Gasteiger partial charge < -0.3 is 10.1 Å². The minimum atomic E-state index is -0.257. The average molecular weight is 467 g/mol. The number of hydrogen-bond acceptors (Lipinski definition) is 7. The van der Waals surface area contributed by atoms with Crippen LogP contribution in [0.4, 0.5) is 5.82 Å². The molecule has 1 aliphatic rings. The highest BCUT2D eigenvalue weighted by Gasteiger charge is 2.32. The number of fused-ring (bicyclic) bond motifs is 1. The minimum Gasteiger partial charge on any atom is -0.383 e. The third-order valence-electron chi connectivity index (χ3n) is 5.02. The van der Waals surface area contributed by atoms with Crippen LogP contribution in [0.5, 0.6) is 0 Å². The summed E-state index contributed by atoms with van der Waals surface area (Å²) in [5, 5.41) is 3.16. The number of pyridine rings is 1. The number of carbonyl (C=O) groups is 1. The fourth-order valence-electron chi connectivity index (χ4n) is 3.38. The number of carbonyl (C=O) groups excluding carboxylic acids is 1. The first-order chi connectivity index (χ1) is 15.5. The molecule has 7 nitrogen and oxygen atoms in total. The van der Waals surface area contributed by atoms with Crippen LogP contribution >= 0.6 is 24.0 Å². The van der Waals surface area contributed by atoms with Crippen LogP contribution < -0.4 is 10.9 Å². The zero-order chi connectivity index (χ0) is 22.7. The van der Waals surface area contributed by atoms with Crippen LogP contribution in [-0.2, 0) is 16.1 Å². The van der Waals surface area contributed by atoms with Crippen molar-refractivity contribution in [3.63, 3.8) is 0 Å². The number of nitrogens with one attached hydrogen (secondary N) is 1. The Kier molecular flexibility index (Phi) is 6.69. The highest BCUT2D eigenvalue weighted by atomic mass is 32.2. The van der Waals surface area contributed by atoms with Crippen LogP contribution in [0.15, 0.2) is 58.4 Å². The standard InChI is InChI=1S/C23H22N4O3S2/c1-15-7-6-11-26-20(15)25-19(24-10-12-30-2)17(21(26)28)13-18-22(29)27(23(31)32-18)14-16-8-4-3-5-9-16/h3-9,11,13,24H,10,12,14H2,1-2H3/b18-13+. The van der Waals surface area contributed by atoms with Gasteiger partial charge in [-0.15, -0.1) is 0 Å². The third-order valence-corrected chi connectivity index (χ3v) is 6.39. The van der Waals surface area contributed by atoms with E-state index < -0.39 is 0 Å². The molecular weight excluding hydrogens is 444 g/mol. The summed E-state index contributed by atoms with van der Waals surface area (Å²) >= 11 is 6.64. The van der Waals surface area contributed by atoms with Crippen LogP contribution in [-0.4, -0.2) is 44.8 Å². The number of ether oxygens (including phenoxy) is 1. The zero-order valence-corrected chi connectivity index (χ0v) is 19.3. The Balaban J connectivity index is 1.74. The summed E-state index contributed by atoms with van der Waals surface area (Å²) < 4.78 is 7.06. The molecule has 32 heavy (non-hydrogen) atoms. The molecule has 0 bridgehead atoms. The molecule has 4 rings (SSSR count). The predicted octanol–water partition coefficient (Wildman–Crippen LogP) is 3.46. The molecule has 3 heterocycles. The number of nitrogens with zero attached hydrogens (tertiary/aromatic N) is 3. The number of aryl methyl sites for hydroxylation is 1. The highest BCUT2D eigenvalue weighted by Crippen LogP contribution is 2.34. The summed E-state index contributed by atoms with van der Waals surface area (Å²) in [6.45, 7) is 3.21. The molecule has 1 N–H and O–H groups in total. The molecule has 9 heteroatoms. The van der Waals surface area contributed by atoms with Gasteiger partial charge in [-0.1, -0.05) is 60.4 Å². The summed E-state index contributed by atoms with van der Waals surface area (Å²) in [6.07, 6.45) is 3.26. The number of thioether (sulfide) groups is 1. The van der Waals surface area contributed by atoms with E-state index in [1.54, 1.807) is 30.3 Å². The Morgan fingerprint density at radius 3 is 2.72 bits per heavy atom. The van der Waals surface area contributed by atoms with Crippen LogP contribution in [0.2, 0.25) is 0 Å². The van der Waals surface area contributed by atoms with Crippen molar-refractivity contribution in [1.82, 2.24) is 14.3 Å². The van der Waals surface area contributed by atoms with Crippen molar-refractivity contribution in [1.29, 1.82) is 0 Å². The molecule has 0 spiro atoms. The average Bonchev–Trinajstić information content (AvgIpc) is 3.05. The number of thiocarbonyl (C=S) groups is 1. The highest BCUT2D eigenvalue weighted by molar-refractivity contribution is 8.26. The van der Waals surface area contributed by atoms with Crippen LogP contribution in [0.25, 0.3) is 11.7 Å². The maximum absolute atomic E-state index is 13.3. The number of methoxy groups -OCH3 is 1. The Morgan fingerprint density at radius 1 is 1.19 bits per heavy atom. The van der Waals surface area contributed by atoms with E-state index in [2.05, 4.69) is 10.3 Å². The summed E-state index contributed by atoms with van der Waals surface area (Å²) in [7, 11) is 1.60. The molecule has 0 saturated carbocycles. The van der Waals surface area contributed by atoms with Crippen LogP contribution in [0, 0.1) is 6.92 Å². The third kappa shape index (κ3) is 4.45. The van der Waals surface area contributed by atoms with Crippen molar-refractivity contribution in [3.05, 3.63) is 80.6 Å². The Bertz CT molecular complexity index is 1270. The molecule has 1 aromatic carbocycles. The summed E-state index contributed by atoms with van der Waals surface area (Å²) in [5.74, 6) is 0.190. The second kappa shape index (κ2) is 9.64. The zero-order valence-electron chi connectivity index (χ0n) is 17.7. The van der Waals surface area contributed by atoms with Gasteiger partial charge in [0.1, 0.15) is 15.8 Å². The first-order valence-corrected chi connectivity index (χ1v) is 11.3. The van der Waals surface area contributed by atoms with Crippen LogP contribution in [0.3, 0.4) is 0 Å². The van der Waals surface area contributed by atoms with Crippen molar-refractivity contribution in [2.24, 2.45) is 0 Å². The molecule has 1 amide bonds. The number of benzene rings is 1. The molecule has 1 aliphatic heterocycles. The topological polar surface area (TPSA) is 75.9 Å². The molecule has 2 aromatic heterocycles. The van der Waals surface area contributed by atoms with E-state index in [1.165, 1.54) is 16.2 Å². The molecule has 0 unspecified atom stereocenters. The summed E-state index contributed by atoms with van der Waals surface area (Å²) in [4.78, 5) is 33.0. The van der Waals surface area contributed by atoms with E-state index in [0.29, 0.717) is 46.0 Å². The van der Waals surface area contributed by atoms with Gasteiger partial charge in [-0.05, 0) is 30.2 Å². The van der Waals surface area contributed by atoms with Gasteiger partial charge in [0.25, 0.3) is 11.5 Å². The fourth-order valence-corrected chi connectivity index (χ4v) is 4.62. The van der Waals surface area contributed by atoms with Gasteiger partial charge in [-0.25, -0.2) is 4.98 Å². The Hall–Kier alpha value is -3.01. The van der Waals surface area contributed by atoms with Crippen molar-refractivity contribution in [2.75, 3.05) is 25.6 Å². The number of amides is 1. The van der Waals surface area contributed by atoms with Gasteiger partial charge in [-0.3, -0.25) is 18.9 Å². The summed E-state index contributed by atoms with van der Waals surface area (Å²) in [6, 6.07) is 13.4. The second-order valence-corrected chi connectivity index (χ2v) is 8.91. The monoisotopic (exact) mass is 466 g/mol. The van der Waals surface area contributed by atoms with Crippen molar-refractivity contribution >= 4 is 51.7 Å². The Morgan fingerprint density at radius 2 is 1.97 bits per heavy atom. The van der Waals surface area contributed by atoms with E-state index >= 15 is 0 Å². The fraction of sp³-hybridized carbons (Fsp3) is 0.217. The van der Waals surface area contributed by atoms with E-state index in [4.69, 9.17) is 17.0 Å². The molecule has 164 valence electrons. The second-order valence-electron chi connectivity index (χ2n) is 7.24. The molecule has 0 aliphatic carbocycles. The maximum atomic E-state index is 13.3. The number of rotatable bonds is 7. The lowest BCUT2D eigenvalue weighted by Gasteiger charge is -2.14. The summed E-state index contributed by atoms with van der Waals surface area (Å²) in [5.41, 5.74) is 2.47. The van der Waals surface area contributed by atoms with E-state index in [9.17, 15) is 9.59 Å². The molecule has 0 radical (unpaired) electrons. The number of anilines is 1. The van der Waals surface area contributed by atoms with Gasteiger partial charge in [0, 0.05) is 19.9 Å². The lowest BCUT2D eigenvalue weighted by Crippen LogP contribution is -2.27. The van der Waals surface area contributed by atoms with E-state index in [0.717, 1.165) is 11.1 Å². The Labute approximate surface area is 195 Å². The largest absolute Gasteiger partial charge is 0.383 e. The maximum Gasteiger partial charge on any atom is 0.267 e. The van der Waals surface area contributed by atoms with Gasteiger partial charge in [0.05, 0.1) is 23.6 Å². The van der Waals surface area contributed by atoms with Crippen molar-refractivity contribution in [2.45, 2.75) is 13.5 Å². The number of aromatic nitrogens is 2. The molecule has 1 saturated heterocycles. The predicted molar refractivity (Wildman–Crippen MR) is 132 cm³/mol. The van der Waals surface area contributed by atoms with Crippen molar-refractivity contribution in [3.8, 4) is 0 Å². The molecule has 1 fully saturated rings. The SMILES string of the molecule is COCCNc1nc2c(C)cccn2c(=O)c1/C=C1/SC(=S)N(Cc2ccccc2)C1=O. The lowest BCUT2D eigenvalue weighted by atomic mass is 10.2. The van der Waals surface area contributed by atoms with Gasteiger partial charge in [-0.2, -0.15) is 0 Å². The van der Waals surface area contributed by atoms with Gasteiger partial charge in [0.2, 0.25) is 0 Å². The normalized spacial score (nSPS) is 15.2. The first kappa shape index (κ1) is 22.2. The van der Waals surface area contributed by atoms with E-state index in [1.807, 2.05) is 43.3 Å². The quantitative estimate of drug-likeness (QED) is 0.325. The van der Waals surface area contributed by atoms with Crippen molar-refractivity contribution < 1.29 is 9.53 Å². The lowest BCUT2D eigenvalue weighted by molar-refractivity contribution is -0.122. The van der Waals surface area contributed by atoms with Crippen LogP contribution in [0.1, 0.15) is 16.7 Å².